The summed E-state index contributed by atoms with van der Waals surface area (Å²) < 4.78 is 2.72. The number of carbonyl (C=O) groups is 1. The van der Waals surface area contributed by atoms with E-state index in [4.69, 9.17) is 11.6 Å². The van der Waals surface area contributed by atoms with Gasteiger partial charge in [0.15, 0.2) is 0 Å². The summed E-state index contributed by atoms with van der Waals surface area (Å²) in [7, 11) is 0. The molecule has 1 aromatic heterocycles. The Morgan fingerprint density at radius 1 is 1.56 bits per heavy atom. The number of halogens is 2. The second kappa shape index (κ2) is 5.71. The summed E-state index contributed by atoms with van der Waals surface area (Å²) in [5, 5.41) is 3.16. The van der Waals surface area contributed by atoms with Crippen molar-refractivity contribution in [2.45, 2.75) is 13.5 Å². The second-order valence-electron chi connectivity index (χ2n) is 3.83. The van der Waals surface area contributed by atoms with Crippen molar-refractivity contribution < 1.29 is 4.79 Å². The van der Waals surface area contributed by atoms with Gasteiger partial charge in [-0.25, -0.2) is 4.98 Å². The maximum Gasteiger partial charge on any atom is 0.244 e. The van der Waals surface area contributed by atoms with Crippen molar-refractivity contribution in [3.63, 3.8) is 0 Å². The van der Waals surface area contributed by atoms with E-state index < -0.39 is 0 Å². The van der Waals surface area contributed by atoms with E-state index >= 15 is 0 Å². The summed E-state index contributed by atoms with van der Waals surface area (Å²) in [5.41, 5.74) is 1.85. The van der Waals surface area contributed by atoms with Gasteiger partial charge >= 0.3 is 0 Å². The van der Waals surface area contributed by atoms with E-state index in [0.717, 1.165) is 14.8 Å². The van der Waals surface area contributed by atoms with E-state index in [0.29, 0.717) is 5.28 Å². The number of carbonyl (C=O) groups excluding carboxylic acids is 1. The van der Waals surface area contributed by atoms with Gasteiger partial charge < -0.3 is 9.88 Å². The normalized spacial score (nSPS) is 10.4. The summed E-state index contributed by atoms with van der Waals surface area (Å²) in [5.74, 6) is -0.126. The van der Waals surface area contributed by atoms with Crippen LogP contribution in [0.5, 0.6) is 0 Å². The number of hydrogen-bond acceptors (Lipinski definition) is 2. The zero-order valence-corrected chi connectivity index (χ0v) is 12.6. The zero-order chi connectivity index (χ0) is 13.1. The lowest BCUT2D eigenvalue weighted by Crippen LogP contribution is -2.19. The van der Waals surface area contributed by atoms with Crippen LogP contribution in [0.4, 0.5) is 5.69 Å². The Morgan fingerprint density at radius 2 is 2.33 bits per heavy atom. The van der Waals surface area contributed by atoms with Gasteiger partial charge in [-0.05, 0) is 64.9 Å². The third-order valence-electron chi connectivity index (χ3n) is 2.44. The molecule has 6 heteroatoms. The van der Waals surface area contributed by atoms with Gasteiger partial charge in [0.2, 0.25) is 11.2 Å². The minimum atomic E-state index is -0.126. The third-order valence-corrected chi connectivity index (χ3v) is 3.43. The van der Waals surface area contributed by atoms with Crippen molar-refractivity contribution in [3.05, 3.63) is 45.0 Å². The number of nitrogens with zero attached hydrogens (tertiary/aromatic N) is 2. The molecule has 0 aliphatic rings. The maximum absolute atomic E-state index is 11.8. The van der Waals surface area contributed by atoms with Crippen molar-refractivity contribution in [1.29, 1.82) is 0 Å². The van der Waals surface area contributed by atoms with Gasteiger partial charge in [-0.15, -0.1) is 0 Å². The lowest BCUT2D eigenvalue weighted by molar-refractivity contribution is -0.116. The largest absolute Gasteiger partial charge is 0.324 e. The molecule has 0 saturated carbocycles. The summed E-state index contributed by atoms with van der Waals surface area (Å²) in [6.07, 6.45) is 3.23. The monoisotopic (exact) mass is 375 g/mol. The first kappa shape index (κ1) is 13.4. The minimum Gasteiger partial charge on any atom is -0.324 e. The summed E-state index contributed by atoms with van der Waals surface area (Å²) in [4.78, 5) is 15.7. The van der Waals surface area contributed by atoms with Crippen molar-refractivity contribution in [2.75, 3.05) is 5.32 Å². The smallest absolute Gasteiger partial charge is 0.244 e. The third kappa shape index (κ3) is 3.23. The predicted molar refractivity (Wildman–Crippen MR) is 79.8 cm³/mol. The molecule has 1 N–H and O–H groups in total. The predicted octanol–water partition coefficient (Wildman–Crippen LogP) is 3.09. The van der Waals surface area contributed by atoms with Gasteiger partial charge in [0, 0.05) is 21.7 Å². The van der Waals surface area contributed by atoms with Crippen LogP contribution in [0.25, 0.3) is 0 Å². The molecule has 1 aromatic carbocycles. The van der Waals surface area contributed by atoms with E-state index in [9.17, 15) is 4.79 Å². The Bertz CT molecular complexity index is 582. The maximum atomic E-state index is 11.8. The highest BCUT2D eigenvalue weighted by molar-refractivity contribution is 14.1. The van der Waals surface area contributed by atoms with Crippen LogP contribution in [0.15, 0.2) is 30.6 Å². The highest BCUT2D eigenvalue weighted by atomic mass is 127. The Labute approximate surface area is 123 Å². The van der Waals surface area contributed by atoms with Gasteiger partial charge in [0.1, 0.15) is 6.54 Å². The number of imidazole rings is 1. The number of benzene rings is 1. The Morgan fingerprint density at radius 3 is 2.94 bits per heavy atom. The first-order valence-corrected chi connectivity index (χ1v) is 6.74. The molecule has 0 bridgehead atoms. The van der Waals surface area contributed by atoms with E-state index in [1.165, 1.54) is 0 Å². The Balaban J connectivity index is 2.05. The van der Waals surface area contributed by atoms with Crippen LogP contribution in [0.1, 0.15) is 5.56 Å². The number of nitrogens with one attached hydrogen (secondary N) is 1. The Hall–Kier alpha value is -1.08. The molecule has 2 rings (SSSR count). The number of aromatic nitrogens is 2. The lowest BCUT2D eigenvalue weighted by atomic mass is 10.2. The second-order valence-corrected chi connectivity index (χ2v) is 5.42. The van der Waals surface area contributed by atoms with Gasteiger partial charge in [0.05, 0.1) is 0 Å². The fraction of sp³-hybridized carbons (Fsp3) is 0.167. The number of anilines is 1. The first-order chi connectivity index (χ1) is 8.56. The fourth-order valence-electron chi connectivity index (χ4n) is 1.54. The van der Waals surface area contributed by atoms with Gasteiger partial charge in [-0.3, -0.25) is 4.79 Å². The molecule has 18 heavy (non-hydrogen) atoms. The van der Waals surface area contributed by atoms with Crippen LogP contribution >= 0.6 is 34.2 Å². The van der Waals surface area contributed by atoms with Gasteiger partial charge in [0.25, 0.3) is 0 Å². The molecule has 0 aliphatic carbocycles. The van der Waals surface area contributed by atoms with Crippen molar-refractivity contribution in [2.24, 2.45) is 0 Å². The summed E-state index contributed by atoms with van der Waals surface area (Å²) in [6, 6.07) is 5.86. The molecular formula is C12H11ClIN3O. The van der Waals surface area contributed by atoms with Crippen LogP contribution in [-0.4, -0.2) is 15.5 Å². The first-order valence-electron chi connectivity index (χ1n) is 5.29. The number of hydrogen-bond donors (Lipinski definition) is 1. The van der Waals surface area contributed by atoms with E-state index in [1.54, 1.807) is 17.0 Å². The van der Waals surface area contributed by atoms with Gasteiger partial charge in [-0.1, -0.05) is 0 Å². The van der Waals surface area contributed by atoms with E-state index in [-0.39, 0.29) is 12.5 Å². The molecule has 2 aromatic rings. The van der Waals surface area contributed by atoms with Gasteiger partial charge in [-0.2, -0.15) is 0 Å². The van der Waals surface area contributed by atoms with Crippen LogP contribution in [0.3, 0.4) is 0 Å². The van der Waals surface area contributed by atoms with Crippen molar-refractivity contribution >= 4 is 45.8 Å². The molecule has 0 unspecified atom stereocenters. The average Bonchev–Trinajstić information content (AvgIpc) is 2.69. The minimum absolute atomic E-state index is 0.126. The highest BCUT2D eigenvalue weighted by Crippen LogP contribution is 2.17. The number of aryl methyl sites for hydroxylation is 1. The molecule has 4 nitrogen and oxygen atoms in total. The molecule has 0 fully saturated rings. The number of amides is 1. The van der Waals surface area contributed by atoms with Crippen LogP contribution in [0.2, 0.25) is 5.28 Å². The molecule has 0 aliphatic heterocycles. The summed E-state index contributed by atoms with van der Waals surface area (Å²) in [6.45, 7) is 2.12. The van der Waals surface area contributed by atoms with E-state index in [1.807, 2.05) is 25.1 Å². The molecule has 0 radical (unpaired) electrons. The quantitative estimate of drug-likeness (QED) is 0.838. The summed E-state index contributed by atoms with van der Waals surface area (Å²) >= 11 is 8.05. The van der Waals surface area contributed by atoms with Crippen LogP contribution in [0, 0.1) is 10.5 Å². The molecule has 1 heterocycles. The topological polar surface area (TPSA) is 46.9 Å². The molecule has 0 spiro atoms. The molecule has 0 saturated heterocycles. The van der Waals surface area contributed by atoms with Crippen molar-refractivity contribution in [3.8, 4) is 0 Å². The zero-order valence-electron chi connectivity index (χ0n) is 9.65. The molecule has 1 amide bonds. The number of rotatable bonds is 3. The standard InChI is InChI=1S/C12H11ClIN3O/c1-8-6-9(14)2-3-10(8)16-11(18)7-17-5-4-15-12(17)13/h2-6H,7H2,1H3,(H,16,18). The SMILES string of the molecule is Cc1cc(I)ccc1NC(=O)Cn1ccnc1Cl. The average molecular weight is 376 g/mol. The molecular weight excluding hydrogens is 365 g/mol. The highest BCUT2D eigenvalue weighted by Gasteiger charge is 2.08. The van der Waals surface area contributed by atoms with Crippen molar-refractivity contribution in [1.82, 2.24) is 9.55 Å². The fourth-order valence-corrected chi connectivity index (χ4v) is 2.36. The lowest BCUT2D eigenvalue weighted by Gasteiger charge is -2.09. The molecule has 0 atom stereocenters. The van der Waals surface area contributed by atoms with Crippen LogP contribution < -0.4 is 5.32 Å². The van der Waals surface area contributed by atoms with Crippen LogP contribution in [-0.2, 0) is 11.3 Å². The van der Waals surface area contributed by atoms with E-state index in [2.05, 4.69) is 32.9 Å². The Kier molecular flexibility index (Phi) is 4.23. The molecule has 94 valence electrons.